The molecule has 0 atom stereocenters. The quantitative estimate of drug-likeness (QED) is 0.382. The number of thioether (sulfide) groups is 1. The molecule has 0 N–H and O–H groups in total. The molecule has 0 aliphatic carbocycles. The van der Waals surface area contributed by atoms with E-state index in [-0.39, 0.29) is 5.82 Å². The number of hydrogen-bond donors (Lipinski definition) is 0. The van der Waals surface area contributed by atoms with Crippen LogP contribution in [-0.4, -0.2) is 40.0 Å². The minimum Gasteiger partial charge on any atom is -0.358 e. The van der Waals surface area contributed by atoms with Gasteiger partial charge in [0.2, 0.25) is 0 Å². The zero-order chi connectivity index (χ0) is 17.1. The molecule has 3 heterocycles. The second-order valence-corrected chi connectivity index (χ2v) is 6.08. The van der Waals surface area contributed by atoms with Crippen molar-refractivity contribution in [3.63, 3.8) is 0 Å². The van der Waals surface area contributed by atoms with Crippen LogP contribution in [0.25, 0.3) is 11.4 Å². The maximum atomic E-state index is 11.0. The first-order chi connectivity index (χ1) is 11.6. The summed E-state index contributed by atoms with van der Waals surface area (Å²) in [6.45, 7) is 2.23. The van der Waals surface area contributed by atoms with Gasteiger partial charge in [0.15, 0.2) is 16.8 Å². The van der Waals surface area contributed by atoms with Crippen LogP contribution in [0.15, 0.2) is 35.9 Å². The Morgan fingerprint density at radius 3 is 2.75 bits per heavy atom. The molecule has 9 nitrogen and oxygen atoms in total. The normalized spacial score (nSPS) is 10.9. The Kier molecular flexibility index (Phi) is 4.56. The number of aromatic nitrogens is 6. The van der Waals surface area contributed by atoms with Gasteiger partial charge in [0, 0.05) is 37.7 Å². The fraction of sp³-hybridized carbons (Fsp3) is 0.286. The number of aryl methyl sites for hydroxylation is 1. The Morgan fingerprint density at radius 2 is 2.04 bits per heavy atom. The largest absolute Gasteiger partial charge is 0.358 e. The lowest BCUT2D eigenvalue weighted by molar-refractivity contribution is -0.392. The number of imidazole rings is 1. The summed E-state index contributed by atoms with van der Waals surface area (Å²) in [5.74, 6) is 2.01. The molecule has 24 heavy (non-hydrogen) atoms. The number of hydrogen-bond acceptors (Lipinski definition) is 7. The second kappa shape index (κ2) is 6.79. The fourth-order valence-electron chi connectivity index (χ4n) is 2.30. The molecule has 3 aromatic heterocycles. The molecule has 0 amide bonds. The first kappa shape index (κ1) is 16.1. The van der Waals surface area contributed by atoms with Gasteiger partial charge in [0.1, 0.15) is 12.7 Å². The molecule has 3 rings (SSSR count). The highest BCUT2D eigenvalue weighted by atomic mass is 32.2. The van der Waals surface area contributed by atoms with Gasteiger partial charge in [-0.2, -0.15) is 0 Å². The van der Waals surface area contributed by atoms with Crippen molar-refractivity contribution in [2.45, 2.75) is 18.6 Å². The van der Waals surface area contributed by atoms with Crippen LogP contribution in [0.5, 0.6) is 0 Å². The van der Waals surface area contributed by atoms with Gasteiger partial charge in [-0.05, 0) is 17.1 Å². The molecular formula is C14H15N7O2S. The van der Waals surface area contributed by atoms with Gasteiger partial charge < -0.3 is 14.7 Å². The lowest BCUT2D eigenvalue weighted by atomic mass is 10.2. The first-order valence-electron chi connectivity index (χ1n) is 7.17. The highest BCUT2D eigenvalue weighted by Crippen LogP contribution is 2.23. The summed E-state index contributed by atoms with van der Waals surface area (Å²) in [4.78, 5) is 18.6. The fourth-order valence-corrected chi connectivity index (χ4v) is 3.13. The Balaban J connectivity index is 1.69. The molecule has 10 heteroatoms. The van der Waals surface area contributed by atoms with Crippen LogP contribution in [-0.2, 0) is 13.6 Å². The van der Waals surface area contributed by atoms with Crippen LogP contribution in [0.1, 0.15) is 5.82 Å². The molecule has 0 radical (unpaired) electrons. The number of nitrogens with zero attached hydrogens (tertiary/aromatic N) is 7. The SMILES string of the molecule is Cc1ncc([N+](=O)[O-])n1CCSc1nnc(-c2ccncc2)n1C. The molecule has 0 aromatic carbocycles. The van der Waals surface area contributed by atoms with Crippen LogP contribution in [0.2, 0.25) is 0 Å². The maximum absolute atomic E-state index is 11.0. The van der Waals surface area contributed by atoms with Gasteiger partial charge in [0.05, 0.1) is 0 Å². The maximum Gasteiger partial charge on any atom is 0.342 e. The molecule has 0 spiro atoms. The molecule has 0 aliphatic heterocycles. The van der Waals surface area contributed by atoms with Crippen molar-refractivity contribution in [2.75, 3.05) is 5.75 Å². The van der Waals surface area contributed by atoms with Crippen molar-refractivity contribution in [2.24, 2.45) is 7.05 Å². The summed E-state index contributed by atoms with van der Waals surface area (Å²) in [5, 5.41) is 20.1. The minimum atomic E-state index is -0.422. The predicted molar refractivity (Wildman–Crippen MR) is 88.6 cm³/mol. The van der Waals surface area contributed by atoms with Crippen LogP contribution in [0.3, 0.4) is 0 Å². The summed E-state index contributed by atoms with van der Waals surface area (Å²) < 4.78 is 3.49. The van der Waals surface area contributed by atoms with E-state index in [1.54, 1.807) is 23.9 Å². The highest BCUT2D eigenvalue weighted by Gasteiger charge is 2.18. The van der Waals surface area contributed by atoms with Crippen molar-refractivity contribution >= 4 is 17.6 Å². The predicted octanol–water partition coefficient (Wildman–Crippen LogP) is 2.08. The van der Waals surface area contributed by atoms with Crippen LogP contribution >= 0.6 is 11.8 Å². The van der Waals surface area contributed by atoms with E-state index in [2.05, 4.69) is 20.2 Å². The van der Waals surface area contributed by atoms with Gasteiger partial charge in [-0.15, -0.1) is 10.2 Å². The number of rotatable bonds is 6. The zero-order valence-corrected chi connectivity index (χ0v) is 14.0. The molecular weight excluding hydrogens is 330 g/mol. The smallest absolute Gasteiger partial charge is 0.342 e. The third kappa shape index (κ3) is 3.13. The Labute approximate surface area is 141 Å². The Hall–Kier alpha value is -2.75. The Bertz CT molecular complexity index is 859. The summed E-state index contributed by atoms with van der Waals surface area (Å²) in [6, 6.07) is 3.74. The lowest BCUT2D eigenvalue weighted by Gasteiger charge is -2.04. The third-order valence-corrected chi connectivity index (χ3v) is 4.54. The van der Waals surface area contributed by atoms with Gasteiger partial charge in [-0.1, -0.05) is 11.8 Å². The van der Waals surface area contributed by atoms with E-state index in [1.807, 2.05) is 23.7 Å². The van der Waals surface area contributed by atoms with E-state index in [0.29, 0.717) is 18.1 Å². The van der Waals surface area contributed by atoms with E-state index < -0.39 is 4.92 Å². The monoisotopic (exact) mass is 345 g/mol. The van der Waals surface area contributed by atoms with E-state index in [1.165, 1.54) is 18.0 Å². The van der Waals surface area contributed by atoms with Crippen LogP contribution < -0.4 is 0 Å². The number of pyridine rings is 1. The lowest BCUT2D eigenvalue weighted by Crippen LogP contribution is -2.07. The topological polar surface area (TPSA) is 105 Å². The van der Waals surface area contributed by atoms with Crippen LogP contribution in [0.4, 0.5) is 5.82 Å². The average molecular weight is 345 g/mol. The molecule has 0 bridgehead atoms. The first-order valence-corrected chi connectivity index (χ1v) is 8.15. The summed E-state index contributed by atoms with van der Waals surface area (Å²) >= 11 is 1.49. The molecule has 3 aromatic rings. The van der Waals surface area contributed by atoms with Crippen molar-refractivity contribution in [3.05, 3.63) is 46.7 Å². The van der Waals surface area contributed by atoms with E-state index >= 15 is 0 Å². The summed E-state index contributed by atoms with van der Waals surface area (Å²) in [5.41, 5.74) is 0.938. The van der Waals surface area contributed by atoms with Gasteiger partial charge in [-0.25, -0.2) is 9.55 Å². The minimum absolute atomic E-state index is 0.00328. The molecule has 124 valence electrons. The van der Waals surface area contributed by atoms with Crippen LogP contribution in [0, 0.1) is 17.0 Å². The molecule has 0 aliphatic rings. The van der Waals surface area contributed by atoms with Gasteiger partial charge in [0.25, 0.3) is 0 Å². The van der Waals surface area contributed by atoms with Crippen molar-refractivity contribution in [1.29, 1.82) is 0 Å². The number of nitro groups is 1. The Morgan fingerprint density at radius 1 is 1.29 bits per heavy atom. The molecule has 0 saturated carbocycles. The molecule has 0 saturated heterocycles. The van der Waals surface area contributed by atoms with Crippen molar-refractivity contribution in [1.82, 2.24) is 29.3 Å². The van der Waals surface area contributed by atoms with Gasteiger partial charge >= 0.3 is 5.82 Å². The summed E-state index contributed by atoms with van der Waals surface area (Å²) in [6.07, 6.45) is 4.69. The molecule has 0 unspecified atom stereocenters. The van der Waals surface area contributed by atoms with Gasteiger partial charge in [-0.3, -0.25) is 4.98 Å². The van der Waals surface area contributed by atoms with E-state index in [0.717, 1.165) is 16.5 Å². The third-order valence-electron chi connectivity index (χ3n) is 3.54. The average Bonchev–Trinajstić information content (AvgIpc) is 3.12. The van der Waals surface area contributed by atoms with E-state index in [4.69, 9.17) is 0 Å². The highest BCUT2D eigenvalue weighted by molar-refractivity contribution is 7.99. The standard InChI is InChI=1S/C14H15N7O2S/c1-10-16-9-12(21(22)23)20(10)7-8-24-14-18-17-13(19(14)2)11-3-5-15-6-4-11/h3-6,9H,7-8H2,1-2H3. The zero-order valence-electron chi connectivity index (χ0n) is 13.2. The van der Waals surface area contributed by atoms with Crippen molar-refractivity contribution in [3.8, 4) is 11.4 Å². The molecule has 0 fully saturated rings. The summed E-state index contributed by atoms with van der Waals surface area (Å²) in [7, 11) is 1.89. The van der Waals surface area contributed by atoms with E-state index in [9.17, 15) is 10.1 Å². The van der Waals surface area contributed by atoms with Crippen molar-refractivity contribution < 1.29 is 4.92 Å². The second-order valence-electron chi connectivity index (χ2n) is 5.02.